The SMILES string of the molecule is CC(=O)C1=C(O)C(C(C)C)[C@@]2(C)C[C@@]3(C)Cc4c(-c5ccc(CCCC(C)(C)C)cc5)ccc(O)c4C(=O)C3=C(O)[C@@]2(O)C1=O. The number of rotatable bonds is 6. The fourth-order valence-corrected chi connectivity index (χ4v) is 8.68. The van der Waals surface area contributed by atoms with Gasteiger partial charge >= 0.3 is 0 Å². The second kappa shape index (κ2) is 10.7. The van der Waals surface area contributed by atoms with E-state index in [1.54, 1.807) is 13.0 Å². The fraction of sp³-hybridized carbons (Fsp3) is 0.500. The standard InChI is InChI=1S/C38H46O7/c1-20(2)29-31(41)27(21(3)39)33(43)38(45)34(44)30-32(42)28-25(18-36(30,7)19-37(29,38)8)24(15-16-26(28)40)23-13-11-22(12-14-23)10-9-17-35(4,5)6/h11-16,20,29,40-41,44-45H,9-10,17-19H2,1-8H3/t29?,36-,37-,38+/m1/s1. The molecule has 5 rings (SSSR count). The van der Waals surface area contributed by atoms with Crippen LogP contribution < -0.4 is 0 Å². The Morgan fingerprint density at radius 2 is 1.62 bits per heavy atom. The molecule has 0 spiro atoms. The van der Waals surface area contributed by atoms with Crippen molar-refractivity contribution in [2.75, 3.05) is 0 Å². The van der Waals surface area contributed by atoms with E-state index in [2.05, 4.69) is 32.9 Å². The van der Waals surface area contributed by atoms with E-state index in [9.17, 15) is 34.8 Å². The molecule has 3 aliphatic rings. The highest BCUT2D eigenvalue weighted by molar-refractivity contribution is 6.25. The predicted octanol–water partition coefficient (Wildman–Crippen LogP) is 7.38. The maximum atomic E-state index is 14.3. The Hall–Kier alpha value is -3.71. The molecule has 0 bridgehead atoms. The fourth-order valence-electron chi connectivity index (χ4n) is 8.68. The average molecular weight is 615 g/mol. The Morgan fingerprint density at radius 3 is 2.18 bits per heavy atom. The van der Waals surface area contributed by atoms with Crippen LogP contribution in [0.3, 0.4) is 0 Å². The van der Waals surface area contributed by atoms with Gasteiger partial charge in [-0.3, -0.25) is 14.4 Å². The monoisotopic (exact) mass is 614 g/mol. The van der Waals surface area contributed by atoms with Crippen molar-refractivity contribution in [3.05, 3.63) is 75.8 Å². The molecule has 0 fully saturated rings. The molecular weight excluding hydrogens is 568 g/mol. The van der Waals surface area contributed by atoms with E-state index in [1.807, 2.05) is 32.9 Å². The molecule has 2 aromatic carbocycles. The summed E-state index contributed by atoms with van der Waals surface area (Å²) in [6, 6.07) is 11.5. The molecule has 1 unspecified atom stereocenters. The minimum absolute atomic E-state index is 0.0295. The van der Waals surface area contributed by atoms with Crippen LogP contribution in [0.5, 0.6) is 5.75 Å². The zero-order valence-corrected chi connectivity index (χ0v) is 27.7. The molecular formula is C38H46O7. The maximum Gasteiger partial charge on any atom is 0.209 e. The van der Waals surface area contributed by atoms with Gasteiger partial charge in [0.15, 0.2) is 17.2 Å². The summed E-state index contributed by atoms with van der Waals surface area (Å²) in [4.78, 5) is 40.7. The third-order valence-corrected chi connectivity index (χ3v) is 10.5. The predicted molar refractivity (Wildman–Crippen MR) is 173 cm³/mol. The molecule has 0 aromatic heterocycles. The first kappa shape index (κ1) is 32.7. The van der Waals surface area contributed by atoms with E-state index in [-0.39, 0.29) is 41.1 Å². The van der Waals surface area contributed by atoms with Gasteiger partial charge < -0.3 is 20.4 Å². The molecule has 240 valence electrons. The van der Waals surface area contributed by atoms with Crippen molar-refractivity contribution in [1.29, 1.82) is 0 Å². The normalized spacial score (nSPS) is 28.3. The summed E-state index contributed by atoms with van der Waals surface area (Å²) in [5.74, 6) is -5.14. The number of aryl methyl sites for hydroxylation is 1. The van der Waals surface area contributed by atoms with Gasteiger partial charge in [-0.2, -0.15) is 0 Å². The van der Waals surface area contributed by atoms with Gasteiger partial charge in [-0.1, -0.05) is 78.8 Å². The smallest absolute Gasteiger partial charge is 0.209 e. The Morgan fingerprint density at radius 1 is 1.00 bits per heavy atom. The van der Waals surface area contributed by atoms with Crippen LogP contribution in [0.15, 0.2) is 59.1 Å². The molecule has 0 saturated carbocycles. The van der Waals surface area contributed by atoms with Crippen molar-refractivity contribution in [3.63, 3.8) is 0 Å². The molecule has 0 heterocycles. The largest absolute Gasteiger partial charge is 0.511 e. The van der Waals surface area contributed by atoms with Crippen molar-refractivity contribution in [2.24, 2.45) is 28.1 Å². The highest BCUT2D eigenvalue weighted by Crippen LogP contribution is 2.65. The number of fused-ring (bicyclic) bond motifs is 3. The number of aliphatic hydroxyl groups is 3. The third kappa shape index (κ3) is 4.86. The molecule has 0 saturated heterocycles. The third-order valence-electron chi connectivity index (χ3n) is 10.5. The lowest BCUT2D eigenvalue weighted by Crippen LogP contribution is -2.67. The number of phenols is 1. The van der Waals surface area contributed by atoms with Gasteiger partial charge in [0.25, 0.3) is 0 Å². The van der Waals surface area contributed by atoms with E-state index >= 15 is 0 Å². The zero-order valence-electron chi connectivity index (χ0n) is 27.7. The van der Waals surface area contributed by atoms with E-state index in [4.69, 9.17) is 0 Å². The van der Waals surface area contributed by atoms with E-state index in [1.165, 1.54) is 11.6 Å². The van der Waals surface area contributed by atoms with Crippen LogP contribution in [0, 0.1) is 28.1 Å². The molecule has 7 heteroatoms. The number of Topliss-reactive ketones (excluding diaryl/α,β-unsaturated/α-hetero) is 3. The second-order valence-electron chi connectivity index (χ2n) is 15.6. The summed E-state index contributed by atoms with van der Waals surface area (Å²) in [5, 5.41) is 46.4. The van der Waals surface area contributed by atoms with E-state index in [0.717, 1.165) is 37.3 Å². The van der Waals surface area contributed by atoms with Crippen LogP contribution in [-0.4, -0.2) is 43.4 Å². The first-order chi connectivity index (χ1) is 20.8. The van der Waals surface area contributed by atoms with Crippen molar-refractivity contribution in [1.82, 2.24) is 0 Å². The highest BCUT2D eigenvalue weighted by Gasteiger charge is 2.71. The quantitative estimate of drug-likeness (QED) is 0.250. The molecule has 3 aliphatic carbocycles. The van der Waals surface area contributed by atoms with Gasteiger partial charge in [0.2, 0.25) is 5.78 Å². The number of aromatic hydroxyl groups is 1. The molecule has 0 aliphatic heterocycles. The van der Waals surface area contributed by atoms with Crippen LogP contribution in [0.4, 0.5) is 0 Å². The molecule has 45 heavy (non-hydrogen) atoms. The number of carbonyl (C=O) groups excluding carboxylic acids is 3. The number of carbonyl (C=O) groups is 3. The summed E-state index contributed by atoms with van der Waals surface area (Å²) >= 11 is 0. The van der Waals surface area contributed by atoms with E-state index in [0.29, 0.717) is 5.56 Å². The summed E-state index contributed by atoms with van der Waals surface area (Å²) in [6.45, 7) is 14.9. The minimum atomic E-state index is -2.62. The first-order valence-electron chi connectivity index (χ1n) is 15.9. The zero-order chi connectivity index (χ0) is 33.4. The number of hydrogen-bond donors (Lipinski definition) is 4. The molecule has 0 radical (unpaired) electrons. The topological polar surface area (TPSA) is 132 Å². The minimum Gasteiger partial charge on any atom is -0.511 e. The molecule has 4 atom stereocenters. The van der Waals surface area contributed by atoms with Crippen molar-refractivity contribution < 1.29 is 34.8 Å². The van der Waals surface area contributed by atoms with Crippen LogP contribution in [0.25, 0.3) is 11.1 Å². The molecule has 2 aromatic rings. The molecule has 7 nitrogen and oxygen atoms in total. The van der Waals surface area contributed by atoms with Crippen LogP contribution in [0.2, 0.25) is 0 Å². The van der Waals surface area contributed by atoms with Crippen molar-refractivity contribution in [2.45, 2.75) is 93.1 Å². The lowest BCUT2D eigenvalue weighted by Gasteiger charge is -2.59. The molecule has 0 amide bonds. The highest BCUT2D eigenvalue weighted by atomic mass is 16.3. The van der Waals surface area contributed by atoms with Crippen molar-refractivity contribution >= 4 is 17.3 Å². The second-order valence-corrected chi connectivity index (χ2v) is 15.6. The lowest BCUT2D eigenvalue weighted by atomic mass is 9.44. The van der Waals surface area contributed by atoms with E-state index < -0.39 is 56.8 Å². The average Bonchev–Trinajstić information content (AvgIpc) is 2.90. The summed E-state index contributed by atoms with van der Waals surface area (Å²) < 4.78 is 0. The van der Waals surface area contributed by atoms with Gasteiger partial charge in [-0.15, -0.1) is 0 Å². The van der Waals surface area contributed by atoms with Gasteiger partial charge in [-0.25, -0.2) is 0 Å². The van der Waals surface area contributed by atoms with Crippen LogP contribution in [-0.2, 0) is 22.4 Å². The lowest BCUT2D eigenvalue weighted by molar-refractivity contribution is -0.171. The van der Waals surface area contributed by atoms with Crippen LogP contribution >= 0.6 is 0 Å². The van der Waals surface area contributed by atoms with Crippen LogP contribution in [0.1, 0.15) is 96.1 Å². The Bertz CT molecular complexity index is 1670. The number of hydrogen-bond acceptors (Lipinski definition) is 7. The first-order valence-corrected chi connectivity index (χ1v) is 15.9. The number of phenolic OH excluding ortho intramolecular Hbond substituents is 1. The summed E-state index contributed by atoms with van der Waals surface area (Å²) in [5.41, 5.74) is -2.02. The van der Waals surface area contributed by atoms with Gasteiger partial charge in [0.05, 0.1) is 5.56 Å². The van der Waals surface area contributed by atoms with Gasteiger partial charge in [-0.05, 0) is 78.7 Å². The number of benzene rings is 2. The number of aliphatic hydroxyl groups excluding tert-OH is 2. The summed E-state index contributed by atoms with van der Waals surface area (Å²) in [7, 11) is 0. The Labute approximate surface area is 265 Å². The summed E-state index contributed by atoms with van der Waals surface area (Å²) in [6.07, 6.45) is 3.45. The van der Waals surface area contributed by atoms with Gasteiger partial charge in [0, 0.05) is 22.3 Å². The Balaban J connectivity index is 1.64. The maximum absolute atomic E-state index is 14.3. The van der Waals surface area contributed by atoms with Gasteiger partial charge in [0.1, 0.15) is 22.8 Å². The number of ketones is 3. The Kier molecular flexibility index (Phi) is 7.76. The number of allylic oxidation sites excluding steroid dienone is 2. The van der Waals surface area contributed by atoms with Crippen molar-refractivity contribution in [3.8, 4) is 16.9 Å². The molecule has 4 N–H and O–H groups in total.